The zero-order valence-corrected chi connectivity index (χ0v) is 23.8. The monoisotopic (exact) mass is 538 g/mol. The van der Waals surface area contributed by atoms with E-state index in [2.05, 4.69) is 153 Å². The van der Waals surface area contributed by atoms with Crippen LogP contribution in [0.1, 0.15) is 28.7 Å². The van der Waals surface area contributed by atoms with Crippen molar-refractivity contribution in [2.24, 2.45) is 0 Å². The molecular formula is C42H34. The molecule has 0 aromatic heterocycles. The number of allylic oxidation sites excluding steroid dienone is 5. The number of fused-ring (bicyclic) bond motifs is 2. The van der Waals surface area contributed by atoms with Crippen molar-refractivity contribution in [2.75, 3.05) is 0 Å². The number of benzene rings is 4. The van der Waals surface area contributed by atoms with E-state index in [4.69, 9.17) is 0 Å². The molecule has 0 fully saturated rings. The molecule has 1 aliphatic rings. The van der Waals surface area contributed by atoms with Crippen LogP contribution in [0.25, 0.3) is 50.2 Å². The van der Waals surface area contributed by atoms with Crippen LogP contribution >= 0.6 is 0 Å². The van der Waals surface area contributed by atoms with Crippen LogP contribution in [0, 0.1) is 0 Å². The third-order valence-corrected chi connectivity index (χ3v) is 7.96. The van der Waals surface area contributed by atoms with Crippen molar-refractivity contribution in [1.29, 1.82) is 0 Å². The van der Waals surface area contributed by atoms with Crippen LogP contribution in [0.5, 0.6) is 0 Å². The van der Waals surface area contributed by atoms with Crippen molar-refractivity contribution in [3.05, 3.63) is 187 Å². The van der Waals surface area contributed by atoms with Gasteiger partial charge in [-0.15, -0.1) is 0 Å². The van der Waals surface area contributed by atoms with E-state index in [1.807, 2.05) is 12.2 Å². The Morgan fingerprint density at radius 1 is 0.571 bits per heavy atom. The molecule has 0 N–H and O–H groups in total. The average molecular weight is 539 g/mol. The SMILES string of the molecule is C=C/C=C\C(=C)c1cccc(-c2ccccc2)ccc(C2=Cc3ccccc3CC2)c2ccc(-c3ccccc3)cc12. The standard InChI is InChI=1S/C42H34/c1-3-4-14-31(2)39-22-13-21-34(32-15-7-5-8-16-32)25-27-40(38-24-23-35-19-11-12-20-36(35)29-38)41-28-26-37(30-42(39)41)33-17-9-6-10-18-33/h3-22,25-30H,1-2,23-24H2/b14-4-,21-13?,22-13?,27-25?,34-21?,34-25?,39-22?,40-27?,41-40?,42-39?. The van der Waals surface area contributed by atoms with Gasteiger partial charge < -0.3 is 0 Å². The normalized spacial score (nSPS) is 12.3. The summed E-state index contributed by atoms with van der Waals surface area (Å²) in [6.07, 6.45) is 10.2. The van der Waals surface area contributed by atoms with E-state index in [9.17, 15) is 0 Å². The smallest absolute Gasteiger partial charge is 0.00933 e. The van der Waals surface area contributed by atoms with Gasteiger partial charge in [0.05, 0.1) is 0 Å². The maximum Gasteiger partial charge on any atom is -0.00933 e. The summed E-state index contributed by atoms with van der Waals surface area (Å²) in [5.74, 6) is 0. The van der Waals surface area contributed by atoms with Gasteiger partial charge in [-0.25, -0.2) is 0 Å². The van der Waals surface area contributed by atoms with Gasteiger partial charge in [0.15, 0.2) is 0 Å². The van der Waals surface area contributed by atoms with Gasteiger partial charge in [-0.1, -0.05) is 165 Å². The van der Waals surface area contributed by atoms with E-state index >= 15 is 0 Å². The van der Waals surface area contributed by atoms with E-state index in [0.717, 1.165) is 29.5 Å². The molecule has 0 aliphatic heterocycles. The molecule has 42 heavy (non-hydrogen) atoms. The van der Waals surface area contributed by atoms with Crippen LogP contribution in [-0.4, -0.2) is 0 Å². The Kier molecular flexibility index (Phi) is 8.06. The molecule has 0 unspecified atom stereocenters. The molecule has 0 atom stereocenters. The number of aryl methyl sites for hydroxylation is 1. The Labute approximate surface area is 249 Å². The molecule has 0 heterocycles. The third-order valence-electron chi connectivity index (χ3n) is 7.96. The Bertz CT molecular complexity index is 1880. The highest BCUT2D eigenvalue weighted by Gasteiger charge is 2.15. The van der Waals surface area contributed by atoms with Crippen LogP contribution in [0.15, 0.2) is 165 Å². The van der Waals surface area contributed by atoms with Gasteiger partial charge in [-0.2, -0.15) is 0 Å². The molecule has 6 rings (SSSR count). The summed E-state index contributed by atoms with van der Waals surface area (Å²) >= 11 is 0. The predicted octanol–water partition coefficient (Wildman–Crippen LogP) is 11.5. The van der Waals surface area contributed by atoms with Crippen molar-refractivity contribution in [2.45, 2.75) is 12.8 Å². The molecule has 0 radical (unpaired) electrons. The molecule has 5 aromatic carbocycles. The molecule has 0 heteroatoms. The van der Waals surface area contributed by atoms with Gasteiger partial charge in [0.2, 0.25) is 0 Å². The predicted molar refractivity (Wildman–Crippen MR) is 183 cm³/mol. The highest BCUT2D eigenvalue weighted by molar-refractivity contribution is 6.04. The molecule has 0 saturated carbocycles. The first-order valence-corrected chi connectivity index (χ1v) is 14.5. The second-order valence-electron chi connectivity index (χ2n) is 10.6. The van der Waals surface area contributed by atoms with Crippen LogP contribution in [0.4, 0.5) is 0 Å². The van der Waals surface area contributed by atoms with Gasteiger partial charge in [-0.3, -0.25) is 0 Å². The summed E-state index contributed by atoms with van der Waals surface area (Å²) in [7, 11) is 0. The van der Waals surface area contributed by atoms with Crippen LogP contribution in [-0.2, 0) is 6.42 Å². The zero-order chi connectivity index (χ0) is 28.7. The topological polar surface area (TPSA) is 0 Å². The number of rotatable bonds is 6. The molecule has 0 nitrogen and oxygen atoms in total. The largest absolute Gasteiger partial charge is 0.0991 e. The van der Waals surface area contributed by atoms with Gasteiger partial charge in [0.25, 0.3) is 0 Å². The lowest BCUT2D eigenvalue weighted by Crippen LogP contribution is -1.99. The molecular weight excluding hydrogens is 504 g/mol. The lowest BCUT2D eigenvalue weighted by molar-refractivity contribution is 1.00. The minimum absolute atomic E-state index is 0.944. The second kappa shape index (κ2) is 12.5. The average Bonchev–Trinajstić information content (AvgIpc) is 3.05. The summed E-state index contributed by atoms with van der Waals surface area (Å²) in [6, 6.07) is 47.9. The van der Waals surface area contributed by atoms with Gasteiger partial charge in [0, 0.05) is 0 Å². The first-order chi connectivity index (χ1) is 20.7. The van der Waals surface area contributed by atoms with Crippen LogP contribution in [0.2, 0.25) is 0 Å². The number of hydrogen-bond donors (Lipinski definition) is 0. The van der Waals surface area contributed by atoms with Gasteiger partial charge in [-0.05, 0) is 85.3 Å². The summed E-state index contributed by atoms with van der Waals surface area (Å²) in [4.78, 5) is 0. The van der Waals surface area contributed by atoms with Crippen LogP contribution < -0.4 is 0 Å². The zero-order valence-electron chi connectivity index (χ0n) is 23.8. The molecule has 0 amide bonds. The maximum absolute atomic E-state index is 4.50. The van der Waals surface area contributed by atoms with Crippen molar-refractivity contribution in [1.82, 2.24) is 0 Å². The van der Waals surface area contributed by atoms with Crippen LogP contribution in [0.3, 0.4) is 0 Å². The Morgan fingerprint density at radius 2 is 1.21 bits per heavy atom. The fourth-order valence-electron chi connectivity index (χ4n) is 5.77. The Hall–Kier alpha value is -5.20. The molecule has 0 bridgehead atoms. The van der Waals surface area contributed by atoms with Crippen molar-refractivity contribution in [3.8, 4) is 22.3 Å². The van der Waals surface area contributed by atoms with Crippen molar-refractivity contribution in [3.63, 3.8) is 0 Å². The summed E-state index contributed by atoms with van der Waals surface area (Å²) in [6.45, 7) is 8.39. The molecule has 0 saturated heterocycles. The van der Waals surface area contributed by atoms with Gasteiger partial charge in [0.1, 0.15) is 0 Å². The fourth-order valence-corrected chi connectivity index (χ4v) is 5.77. The molecule has 5 aromatic rings. The summed E-state index contributed by atoms with van der Waals surface area (Å²) < 4.78 is 0. The minimum Gasteiger partial charge on any atom is -0.0991 e. The second-order valence-corrected chi connectivity index (χ2v) is 10.6. The quantitative estimate of drug-likeness (QED) is 0.189. The van der Waals surface area contributed by atoms with E-state index in [1.54, 1.807) is 6.08 Å². The minimum atomic E-state index is 0.944. The summed E-state index contributed by atoms with van der Waals surface area (Å²) in [5.41, 5.74) is 12.1. The highest BCUT2D eigenvalue weighted by Crippen LogP contribution is 2.37. The number of hydrogen-bond acceptors (Lipinski definition) is 0. The Balaban J connectivity index is 1.71. The first kappa shape index (κ1) is 27.0. The molecule has 1 aliphatic carbocycles. The lowest BCUT2D eigenvalue weighted by Gasteiger charge is -2.18. The lowest BCUT2D eigenvalue weighted by atomic mass is 9.86. The van der Waals surface area contributed by atoms with Crippen molar-refractivity contribution >= 4 is 28.0 Å². The maximum atomic E-state index is 4.50. The molecule has 0 spiro atoms. The Morgan fingerprint density at radius 3 is 1.98 bits per heavy atom. The molecule has 202 valence electrons. The highest BCUT2D eigenvalue weighted by atomic mass is 14.2. The third kappa shape index (κ3) is 5.80. The van der Waals surface area contributed by atoms with E-state index in [-0.39, 0.29) is 0 Å². The van der Waals surface area contributed by atoms with E-state index in [1.165, 1.54) is 49.7 Å². The van der Waals surface area contributed by atoms with Crippen molar-refractivity contribution < 1.29 is 0 Å². The van der Waals surface area contributed by atoms with E-state index < -0.39 is 0 Å². The van der Waals surface area contributed by atoms with Gasteiger partial charge >= 0.3 is 0 Å². The van der Waals surface area contributed by atoms with E-state index in [0.29, 0.717) is 0 Å². The summed E-state index contributed by atoms with van der Waals surface area (Å²) in [5, 5.41) is 2.38. The fraction of sp³-hybridized carbons (Fsp3) is 0.0476. The first-order valence-electron chi connectivity index (χ1n) is 14.5.